The normalized spacial score (nSPS) is 17.2. The Labute approximate surface area is 191 Å². The van der Waals surface area contributed by atoms with Gasteiger partial charge < -0.3 is 10.2 Å². The van der Waals surface area contributed by atoms with Crippen LogP contribution in [0.1, 0.15) is 36.8 Å². The Kier molecular flexibility index (Phi) is 7.16. The third kappa shape index (κ3) is 5.15. The van der Waals surface area contributed by atoms with Crippen LogP contribution >= 0.6 is 0 Å². The van der Waals surface area contributed by atoms with Crippen LogP contribution in [0, 0.1) is 5.92 Å². The molecule has 1 heterocycles. The number of piperidine rings is 1. The predicted octanol–water partition coefficient (Wildman–Crippen LogP) is 3.22. The van der Waals surface area contributed by atoms with Gasteiger partial charge in [-0.25, -0.2) is 8.42 Å². The minimum absolute atomic E-state index is 0.0435. The number of hydrogen-bond donors (Lipinski definition) is 1. The third-order valence-electron chi connectivity index (χ3n) is 6.70. The molecule has 1 N–H and O–H groups in total. The molecular formula is C25H33N3O3S. The Morgan fingerprint density at radius 2 is 1.78 bits per heavy atom. The zero-order valence-electron chi connectivity index (χ0n) is 18.8. The maximum Gasteiger partial charge on any atom is 0.243 e. The highest BCUT2D eigenvalue weighted by atomic mass is 32.2. The van der Waals surface area contributed by atoms with Crippen LogP contribution in [0.25, 0.3) is 0 Å². The number of carbonyl (C=O) groups is 1. The van der Waals surface area contributed by atoms with Gasteiger partial charge in [0.25, 0.3) is 0 Å². The van der Waals surface area contributed by atoms with E-state index in [1.807, 2.05) is 37.4 Å². The number of rotatable bonds is 8. The number of nitrogens with zero attached hydrogens (tertiary/aromatic N) is 2. The van der Waals surface area contributed by atoms with Crippen LogP contribution < -0.4 is 10.2 Å². The summed E-state index contributed by atoms with van der Waals surface area (Å²) in [5.41, 5.74) is 3.60. The first-order valence-electron chi connectivity index (χ1n) is 11.6. The molecule has 1 amide bonds. The second-order valence-electron chi connectivity index (χ2n) is 8.86. The summed E-state index contributed by atoms with van der Waals surface area (Å²) >= 11 is 0. The van der Waals surface area contributed by atoms with E-state index >= 15 is 0 Å². The lowest BCUT2D eigenvalue weighted by Gasteiger charge is -2.30. The highest BCUT2D eigenvalue weighted by molar-refractivity contribution is 7.89. The first-order valence-corrected chi connectivity index (χ1v) is 13.0. The molecule has 0 spiro atoms. The monoisotopic (exact) mass is 455 g/mol. The number of hydrogen-bond acceptors (Lipinski definition) is 4. The average Bonchev–Trinajstić information content (AvgIpc) is 3.30. The fourth-order valence-corrected chi connectivity index (χ4v) is 6.22. The fourth-order valence-electron chi connectivity index (χ4n) is 4.70. The van der Waals surface area contributed by atoms with E-state index in [0.717, 1.165) is 37.9 Å². The fraction of sp³-hybridized carbons (Fsp3) is 0.480. The SMILES string of the molecule is CN(CCCNC(=O)C1CCN(S(=O)(=O)c2ccc3c(c2)CCC3)CC1)c1ccccc1. The van der Waals surface area contributed by atoms with E-state index < -0.39 is 10.0 Å². The molecule has 2 aliphatic rings. The zero-order chi connectivity index (χ0) is 22.6. The van der Waals surface area contributed by atoms with Crippen LogP contribution in [0.15, 0.2) is 53.4 Å². The van der Waals surface area contributed by atoms with E-state index in [1.165, 1.54) is 11.1 Å². The van der Waals surface area contributed by atoms with Crippen LogP contribution in [-0.4, -0.2) is 51.9 Å². The number of amides is 1. The summed E-state index contributed by atoms with van der Waals surface area (Å²) in [5.74, 6) is -0.0738. The van der Waals surface area contributed by atoms with E-state index in [0.29, 0.717) is 37.4 Å². The smallest absolute Gasteiger partial charge is 0.243 e. The molecule has 2 aromatic carbocycles. The standard InChI is InChI=1S/C25H33N3O3S/c1-27(23-9-3-2-4-10-23)16-6-15-26-25(29)21-13-17-28(18-14-21)32(30,31)24-12-11-20-7-5-8-22(20)19-24/h2-4,9-12,19,21H,5-8,13-18H2,1H3,(H,26,29). The molecule has 1 aliphatic heterocycles. The van der Waals surface area contributed by atoms with Gasteiger partial charge in [-0.05, 0) is 73.9 Å². The molecule has 0 saturated carbocycles. The Hall–Kier alpha value is -2.38. The van der Waals surface area contributed by atoms with Gasteiger partial charge in [0.15, 0.2) is 0 Å². The van der Waals surface area contributed by atoms with E-state index in [1.54, 1.807) is 10.4 Å². The van der Waals surface area contributed by atoms with E-state index in [9.17, 15) is 13.2 Å². The Bertz CT molecular complexity index is 1030. The lowest BCUT2D eigenvalue weighted by molar-refractivity contribution is -0.126. The summed E-state index contributed by atoms with van der Waals surface area (Å²) in [6.45, 7) is 2.29. The van der Waals surface area contributed by atoms with Crippen LogP contribution in [0.3, 0.4) is 0 Å². The number of para-hydroxylation sites is 1. The van der Waals surface area contributed by atoms with Gasteiger partial charge >= 0.3 is 0 Å². The van der Waals surface area contributed by atoms with Crippen molar-refractivity contribution < 1.29 is 13.2 Å². The van der Waals surface area contributed by atoms with Gasteiger partial charge in [-0.2, -0.15) is 4.31 Å². The molecule has 7 heteroatoms. The number of aryl methyl sites for hydroxylation is 2. The number of benzene rings is 2. The van der Waals surface area contributed by atoms with Gasteiger partial charge in [-0.15, -0.1) is 0 Å². The second kappa shape index (κ2) is 10.0. The van der Waals surface area contributed by atoms with Crippen molar-refractivity contribution in [3.63, 3.8) is 0 Å². The van der Waals surface area contributed by atoms with Crippen molar-refractivity contribution in [3.05, 3.63) is 59.7 Å². The van der Waals surface area contributed by atoms with Crippen molar-refractivity contribution in [2.75, 3.05) is 38.1 Å². The molecule has 1 saturated heterocycles. The summed E-state index contributed by atoms with van der Waals surface area (Å²) in [4.78, 5) is 15.1. The number of fused-ring (bicyclic) bond motifs is 1. The average molecular weight is 456 g/mol. The minimum Gasteiger partial charge on any atom is -0.375 e. The van der Waals surface area contributed by atoms with Crippen LogP contribution in [0.4, 0.5) is 5.69 Å². The maximum atomic E-state index is 13.1. The Morgan fingerprint density at radius 1 is 1.06 bits per heavy atom. The molecule has 0 radical (unpaired) electrons. The molecule has 32 heavy (non-hydrogen) atoms. The summed E-state index contributed by atoms with van der Waals surface area (Å²) in [6.07, 6.45) is 5.10. The number of sulfonamides is 1. The zero-order valence-corrected chi connectivity index (χ0v) is 19.6. The number of anilines is 1. The molecule has 6 nitrogen and oxygen atoms in total. The first kappa shape index (κ1) is 22.8. The Balaban J connectivity index is 1.22. The highest BCUT2D eigenvalue weighted by Crippen LogP contribution is 2.28. The summed E-state index contributed by atoms with van der Waals surface area (Å²) in [6, 6.07) is 15.7. The van der Waals surface area contributed by atoms with E-state index in [-0.39, 0.29) is 11.8 Å². The molecule has 1 fully saturated rings. The minimum atomic E-state index is -3.49. The van der Waals surface area contributed by atoms with Crippen molar-refractivity contribution in [1.29, 1.82) is 0 Å². The molecule has 0 unspecified atom stereocenters. The lowest BCUT2D eigenvalue weighted by atomic mass is 9.97. The highest BCUT2D eigenvalue weighted by Gasteiger charge is 2.32. The van der Waals surface area contributed by atoms with Gasteiger partial charge in [0.1, 0.15) is 0 Å². The molecule has 172 valence electrons. The molecule has 4 rings (SSSR count). The first-order chi connectivity index (χ1) is 15.4. The quantitative estimate of drug-likeness (QED) is 0.621. The van der Waals surface area contributed by atoms with E-state index in [2.05, 4.69) is 22.3 Å². The number of carbonyl (C=O) groups excluding carboxylic acids is 1. The Morgan fingerprint density at radius 3 is 2.53 bits per heavy atom. The van der Waals surface area contributed by atoms with Gasteiger partial charge in [-0.3, -0.25) is 4.79 Å². The number of nitrogens with one attached hydrogen (secondary N) is 1. The summed E-state index contributed by atoms with van der Waals surface area (Å²) < 4.78 is 27.7. The van der Waals surface area contributed by atoms with E-state index in [4.69, 9.17) is 0 Å². The van der Waals surface area contributed by atoms with Crippen molar-refractivity contribution in [2.24, 2.45) is 5.92 Å². The van der Waals surface area contributed by atoms with Gasteiger partial charge in [0.2, 0.25) is 15.9 Å². The van der Waals surface area contributed by atoms with Crippen molar-refractivity contribution in [2.45, 2.75) is 43.4 Å². The maximum absolute atomic E-state index is 13.1. The molecule has 0 aromatic heterocycles. The molecule has 2 aromatic rings. The van der Waals surface area contributed by atoms with Gasteiger partial charge in [-0.1, -0.05) is 24.3 Å². The van der Waals surface area contributed by atoms with Crippen molar-refractivity contribution in [1.82, 2.24) is 9.62 Å². The largest absolute Gasteiger partial charge is 0.375 e. The predicted molar refractivity (Wildman–Crippen MR) is 127 cm³/mol. The lowest BCUT2D eigenvalue weighted by Crippen LogP contribution is -2.43. The summed E-state index contributed by atoms with van der Waals surface area (Å²) in [5, 5.41) is 3.04. The third-order valence-corrected chi connectivity index (χ3v) is 8.59. The molecule has 0 bridgehead atoms. The second-order valence-corrected chi connectivity index (χ2v) is 10.8. The van der Waals surface area contributed by atoms with Gasteiger partial charge in [0.05, 0.1) is 4.90 Å². The van der Waals surface area contributed by atoms with Crippen molar-refractivity contribution >= 4 is 21.6 Å². The topological polar surface area (TPSA) is 69.7 Å². The summed E-state index contributed by atoms with van der Waals surface area (Å²) in [7, 11) is -1.44. The van der Waals surface area contributed by atoms with Gasteiger partial charge in [0, 0.05) is 44.8 Å². The van der Waals surface area contributed by atoms with Crippen LogP contribution in [0.5, 0.6) is 0 Å². The molecular weight excluding hydrogens is 422 g/mol. The molecule has 0 atom stereocenters. The van der Waals surface area contributed by atoms with Crippen LogP contribution in [0.2, 0.25) is 0 Å². The van der Waals surface area contributed by atoms with Crippen molar-refractivity contribution in [3.8, 4) is 0 Å². The van der Waals surface area contributed by atoms with Crippen LogP contribution in [-0.2, 0) is 27.7 Å². The molecule has 1 aliphatic carbocycles.